The summed E-state index contributed by atoms with van der Waals surface area (Å²) in [6, 6.07) is 14.2. The first-order valence-corrected chi connectivity index (χ1v) is 9.18. The molecular formula is C19H26N4OS. The van der Waals surface area contributed by atoms with E-state index in [2.05, 4.69) is 34.7 Å². The zero-order chi connectivity index (χ0) is 18.1. The smallest absolute Gasteiger partial charge is 0.224 e. The molecule has 0 fully saturated rings. The molecule has 1 aromatic carbocycles. The van der Waals surface area contributed by atoms with E-state index in [0.29, 0.717) is 25.5 Å². The van der Waals surface area contributed by atoms with E-state index in [-0.39, 0.29) is 5.91 Å². The van der Waals surface area contributed by atoms with Gasteiger partial charge in [-0.25, -0.2) is 0 Å². The number of benzene rings is 1. The van der Waals surface area contributed by atoms with Gasteiger partial charge in [0.2, 0.25) is 5.91 Å². The van der Waals surface area contributed by atoms with Crippen molar-refractivity contribution in [2.75, 3.05) is 20.6 Å². The van der Waals surface area contributed by atoms with Crippen LogP contribution in [0.25, 0.3) is 0 Å². The molecule has 2 aromatic rings. The number of guanidine groups is 1. The maximum absolute atomic E-state index is 12.2. The molecule has 0 saturated carbocycles. The molecule has 0 aliphatic heterocycles. The first-order valence-electron chi connectivity index (χ1n) is 8.36. The summed E-state index contributed by atoms with van der Waals surface area (Å²) in [7, 11) is 3.57. The summed E-state index contributed by atoms with van der Waals surface area (Å²) < 4.78 is 0. The number of hydrogen-bond acceptors (Lipinski definition) is 3. The highest BCUT2D eigenvalue weighted by atomic mass is 32.1. The fraction of sp³-hybridized carbons (Fsp3) is 0.368. The number of aliphatic imine (C=N–C) groups is 1. The maximum Gasteiger partial charge on any atom is 0.224 e. The Morgan fingerprint density at radius 3 is 2.56 bits per heavy atom. The van der Waals surface area contributed by atoms with Gasteiger partial charge >= 0.3 is 0 Å². The van der Waals surface area contributed by atoms with Gasteiger partial charge in [-0.05, 0) is 24.6 Å². The highest BCUT2D eigenvalue weighted by Crippen LogP contribution is 2.14. The molecule has 0 bridgehead atoms. The van der Waals surface area contributed by atoms with Crippen LogP contribution in [0.2, 0.25) is 0 Å². The van der Waals surface area contributed by atoms with Gasteiger partial charge in [0.15, 0.2) is 5.96 Å². The lowest BCUT2D eigenvalue weighted by molar-refractivity contribution is -0.130. The Hall–Kier alpha value is -2.34. The lowest BCUT2D eigenvalue weighted by Crippen LogP contribution is -2.39. The molecule has 1 heterocycles. The fourth-order valence-electron chi connectivity index (χ4n) is 2.40. The second-order valence-corrected chi connectivity index (χ2v) is 7.22. The van der Waals surface area contributed by atoms with E-state index in [0.717, 1.165) is 12.1 Å². The third-order valence-corrected chi connectivity index (χ3v) is 4.77. The molecule has 1 aromatic heterocycles. The number of amides is 1. The summed E-state index contributed by atoms with van der Waals surface area (Å²) in [5, 5.41) is 6.46. The van der Waals surface area contributed by atoms with Gasteiger partial charge < -0.3 is 15.5 Å². The summed E-state index contributed by atoms with van der Waals surface area (Å²) >= 11 is 1.77. The minimum atomic E-state index is 0.112. The average molecular weight is 359 g/mol. The minimum absolute atomic E-state index is 0.112. The molecule has 0 radical (unpaired) electrons. The van der Waals surface area contributed by atoms with Crippen LogP contribution in [-0.2, 0) is 17.9 Å². The molecule has 0 unspecified atom stereocenters. The van der Waals surface area contributed by atoms with Crippen LogP contribution in [0.4, 0.5) is 0 Å². The van der Waals surface area contributed by atoms with Crippen molar-refractivity contribution >= 4 is 23.2 Å². The molecule has 0 spiro atoms. The van der Waals surface area contributed by atoms with Gasteiger partial charge in [0.05, 0.1) is 6.54 Å². The number of carbonyl (C=O) groups is 1. The molecule has 0 aliphatic carbocycles. The van der Waals surface area contributed by atoms with Crippen LogP contribution in [-0.4, -0.2) is 37.4 Å². The number of nitrogens with zero attached hydrogens (tertiary/aromatic N) is 2. The highest BCUT2D eigenvalue weighted by molar-refractivity contribution is 7.11. The number of nitrogens with one attached hydrogen (secondary N) is 2. The van der Waals surface area contributed by atoms with E-state index in [4.69, 9.17) is 0 Å². The van der Waals surface area contributed by atoms with Gasteiger partial charge in [0, 0.05) is 43.4 Å². The van der Waals surface area contributed by atoms with Crippen molar-refractivity contribution in [3.63, 3.8) is 0 Å². The molecule has 2 rings (SSSR count). The first kappa shape index (κ1) is 19.0. The van der Waals surface area contributed by atoms with Crippen molar-refractivity contribution in [1.29, 1.82) is 0 Å². The zero-order valence-electron chi connectivity index (χ0n) is 15.1. The summed E-state index contributed by atoms with van der Waals surface area (Å²) in [5.74, 6) is 0.824. The first-order chi connectivity index (χ1) is 12.1. The molecule has 6 heteroatoms. The van der Waals surface area contributed by atoms with E-state index in [1.807, 2.05) is 37.4 Å². The summed E-state index contributed by atoms with van der Waals surface area (Å²) in [4.78, 5) is 20.7. The van der Waals surface area contributed by atoms with Gasteiger partial charge in [-0.1, -0.05) is 30.3 Å². The van der Waals surface area contributed by atoms with Crippen LogP contribution in [0, 0.1) is 6.92 Å². The zero-order valence-corrected chi connectivity index (χ0v) is 15.9. The molecule has 0 aliphatic rings. The van der Waals surface area contributed by atoms with Crippen molar-refractivity contribution in [2.24, 2.45) is 4.99 Å². The van der Waals surface area contributed by atoms with E-state index in [1.54, 1.807) is 23.3 Å². The standard InChI is InChI=1S/C19H26N4OS/c1-15-9-10-17(25-15)13-22-19(20-2)21-12-11-18(24)23(3)14-16-7-5-4-6-8-16/h4-10H,11-14H2,1-3H3,(H2,20,21,22). The Balaban J connectivity index is 1.69. The van der Waals surface area contributed by atoms with E-state index in [9.17, 15) is 4.79 Å². The van der Waals surface area contributed by atoms with Gasteiger partial charge in [-0.15, -0.1) is 11.3 Å². The fourth-order valence-corrected chi connectivity index (χ4v) is 3.23. The number of rotatable bonds is 7. The van der Waals surface area contributed by atoms with Crippen molar-refractivity contribution in [2.45, 2.75) is 26.4 Å². The van der Waals surface area contributed by atoms with Crippen molar-refractivity contribution in [3.8, 4) is 0 Å². The average Bonchev–Trinajstić information content (AvgIpc) is 3.04. The third-order valence-electron chi connectivity index (χ3n) is 3.77. The van der Waals surface area contributed by atoms with Crippen LogP contribution >= 0.6 is 11.3 Å². The van der Waals surface area contributed by atoms with Gasteiger partial charge in [0.25, 0.3) is 0 Å². The Bertz CT molecular complexity index is 696. The van der Waals surface area contributed by atoms with Gasteiger partial charge in [0.1, 0.15) is 0 Å². The highest BCUT2D eigenvalue weighted by Gasteiger charge is 2.09. The topological polar surface area (TPSA) is 56.7 Å². The Kier molecular flexibility index (Phi) is 7.47. The lowest BCUT2D eigenvalue weighted by atomic mass is 10.2. The molecular weight excluding hydrogens is 332 g/mol. The number of hydrogen-bond donors (Lipinski definition) is 2. The normalized spacial score (nSPS) is 11.2. The van der Waals surface area contributed by atoms with Crippen molar-refractivity contribution in [1.82, 2.24) is 15.5 Å². The number of thiophene rings is 1. The molecule has 0 saturated heterocycles. The molecule has 5 nitrogen and oxygen atoms in total. The van der Waals surface area contributed by atoms with Crippen molar-refractivity contribution < 1.29 is 4.79 Å². The molecule has 25 heavy (non-hydrogen) atoms. The van der Waals surface area contributed by atoms with Crippen LogP contribution in [0.3, 0.4) is 0 Å². The Morgan fingerprint density at radius 2 is 1.92 bits per heavy atom. The van der Waals surface area contributed by atoms with E-state index >= 15 is 0 Å². The summed E-state index contributed by atoms with van der Waals surface area (Å²) in [6.45, 7) is 4.02. The molecule has 1 amide bonds. The van der Waals surface area contributed by atoms with E-state index < -0.39 is 0 Å². The van der Waals surface area contributed by atoms with Crippen LogP contribution in [0.5, 0.6) is 0 Å². The third kappa shape index (κ3) is 6.58. The predicted octanol–water partition coefficient (Wildman–Crippen LogP) is 2.77. The monoisotopic (exact) mass is 358 g/mol. The Morgan fingerprint density at radius 1 is 1.16 bits per heavy atom. The molecule has 134 valence electrons. The maximum atomic E-state index is 12.2. The largest absolute Gasteiger partial charge is 0.356 e. The molecule has 2 N–H and O–H groups in total. The second-order valence-electron chi connectivity index (χ2n) is 5.85. The van der Waals surface area contributed by atoms with E-state index in [1.165, 1.54) is 9.75 Å². The quantitative estimate of drug-likeness (QED) is 0.591. The van der Waals surface area contributed by atoms with Crippen molar-refractivity contribution in [3.05, 3.63) is 57.8 Å². The number of carbonyl (C=O) groups excluding carboxylic acids is 1. The minimum Gasteiger partial charge on any atom is -0.356 e. The molecule has 0 atom stereocenters. The second kappa shape index (κ2) is 9.84. The predicted molar refractivity (Wildman–Crippen MR) is 105 cm³/mol. The summed E-state index contributed by atoms with van der Waals surface area (Å²) in [6.07, 6.45) is 0.433. The number of aryl methyl sites for hydroxylation is 1. The van der Waals surface area contributed by atoms with Gasteiger partial charge in [-0.3, -0.25) is 9.79 Å². The lowest BCUT2D eigenvalue weighted by Gasteiger charge is -2.18. The van der Waals surface area contributed by atoms with Gasteiger partial charge in [-0.2, -0.15) is 0 Å². The Labute approximate surface area is 153 Å². The van der Waals surface area contributed by atoms with Crippen LogP contribution < -0.4 is 10.6 Å². The SMILES string of the molecule is CN=C(NCCC(=O)N(C)Cc1ccccc1)NCc1ccc(C)s1. The van der Waals surface area contributed by atoms with Crippen LogP contribution in [0.1, 0.15) is 21.7 Å². The van der Waals surface area contributed by atoms with Crippen LogP contribution in [0.15, 0.2) is 47.5 Å². The summed E-state index contributed by atoms with van der Waals surface area (Å²) in [5.41, 5.74) is 1.13.